The summed E-state index contributed by atoms with van der Waals surface area (Å²) in [5.74, 6) is 0. The first kappa shape index (κ1) is 90.1. The van der Waals surface area contributed by atoms with Gasteiger partial charge < -0.3 is 12.3 Å². The lowest BCUT2D eigenvalue weighted by atomic mass is 10.1. The van der Waals surface area contributed by atoms with Gasteiger partial charge in [-0.1, -0.05) is 207 Å². The summed E-state index contributed by atoms with van der Waals surface area (Å²) in [6.07, 6.45) is 18.0. The molecule has 444 valence electrons. The number of halogens is 16. The van der Waals surface area contributed by atoms with E-state index in [1.165, 1.54) is 95.9 Å². The molecule has 0 spiro atoms. The Morgan fingerprint density at radius 3 is 0.863 bits per heavy atom. The van der Waals surface area contributed by atoms with Gasteiger partial charge in [0.1, 0.15) is 7.38 Å². The molecule has 0 bridgehead atoms. The number of unbranched alkanes of at least 4 members (excludes halogenated alkanes) is 12. The molecule has 0 radical (unpaired) electrons. The lowest BCUT2D eigenvalue weighted by Crippen LogP contribution is -2.48. The maximum absolute atomic E-state index is 6.52. The van der Waals surface area contributed by atoms with Crippen LogP contribution in [0.25, 0.3) is 0 Å². The maximum Gasteiger partial charge on any atom is 0.483 e. The largest absolute Gasteiger partial charge is 0.483 e. The molecule has 1 rings (SSSR count). The van der Waals surface area contributed by atoms with Gasteiger partial charge in [0.25, 0.3) is 6.69 Å². The predicted molar refractivity (Wildman–Crippen MR) is 377 cm³/mol. The van der Waals surface area contributed by atoms with Crippen LogP contribution < -0.4 is 0 Å². The maximum atomic E-state index is 6.52. The highest BCUT2D eigenvalue weighted by molar-refractivity contribution is 7.65. The summed E-state index contributed by atoms with van der Waals surface area (Å²) < 4.78 is 16.9. The van der Waals surface area contributed by atoms with E-state index in [1.54, 1.807) is 6.55 Å². The monoisotopic (exact) mass is 1510 g/mol. The summed E-state index contributed by atoms with van der Waals surface area (Å²) >= 11 is 91.4. The molecular weight excluding hydrogens is 1420 g/mol. The van der Waals surface area contributed by atoms with Crippen LogP contribution in [0.5, 0.6) is 0 Å². The van der Waals surface area contributed by atoms with Crippen LogP contribution in [0.15, 0.2) is 30.3 Å². The Morgan fingerprint density at radius 1 is 0.342 bits per heavy atom. The van der Waals surface area contributed by atoms with Crippen LogP contribution in [0.2, 0.25) is 109 Å². The smallest absolute Gasteiger partial charge is 0.426 e. The first-order valence-corrected chi connectivity index (χ1v) is 68.8. The SMILES string of the molecule is CCCCCCCC[Si](Cl)(Cl)CCCCCCCC.CCCC[Si](C)(C)Cl.CCCC[Si](Cl)(Cl)Cl.C[Si](C)(C)O[Si](C)(Cl)O[Si](C)(C)C.C[Si](C)(C)O[Si](Cl)(Cl)Cl.C[Si](Cl)(Cl)Cl.Cl[Si](Cl)(Cl)Cc1ccccc1. The summed E-state index contributed by atoms with van der Waals surface area (Å²) in [4.78, 5) is 0. The first-order valence-electron chi connectivity index (χ1n) is 25.6. The van der Waals surface area contributed by atoms with Crippen molar-refractivity contribution >= 4 is 248 Å². The second kappa shape index (κ2) is 48.1. The van der Waals surface area contributed by atoms with Crippen molar-refractivity contribution < 1.29 is 12.3 Å². The molecule has 0 aliphatic rings. The van der Waals surface area contributed by atoms with Crippen molar-refractivity contribution in [2.45, 2.75) is 246 Å². The summed E-state index contributed by atoms with van der Waals surface area (Å²) in [5.41, 5.74) is 1.10. The number of benzene rings is 1. The second-order valence-electron chi connectivity index (χ2n) is 21.4. The van der Waals surface area contributed by atoms with Crippen LogP contribution in [0.4, 0.5) is 0 Å². The summed E-state index contributed by atoms with van der Waals surface area (Å²) in [6, 6.07) is 7.72. The molecule has 1 aromatic carbocycles. The minimum Gasteiger partial charge on any atom is -0.426 e. The fourth-order valence-electron chi connectivity index (χ4n) is 5.72. The summed E-state index contributed by atoms with van der Waals surface area (Å²) in [6.45, 7) is 33.6. The van der Waals surface area contributed by atoms with E-state index >= 15 is 0 Å². The van der Waals surface area contributed by atoms with Gasteiger partial charge >= 0.3 is 32.1 Å². The van der Waals surface area contributed by atoms with Crippen molar-refractivity contribution in [3.05, 3.63) is 35.9 Å². The van der Waals surface area contributed by atoms with Gasteiger partial charge in [0.2, 0.25) is 0 Å². The minimum absolute atomic E-state index is 0.596. The average Bonchev–Trinajstić information content (AvgIpc) is 3.12. The van der Waals surface area contributed by atoms with E-state index in [4.69, 9.17) is 190 Å². The molecule has 29 heteroatoms. The molecule has 0 amide bonds. The third kappa shape index (κ3) is 107. The molecule has 0 saturated carbocycles. The molecule has 0 aromatic heterocycles. The zero-order valence-corrected chi connectivity index (χ0v) is 69.6. The van der Waals surface area contributed by atoms with Crippen LogP contribution in [0.1, 0.15) is 136 Å². The zero-order valence-electron chi connectivity index (χ0n) is 47.5. The Bertz CT molecular complexity index is 1300. The van der Waals surface area contributed by atoms with Crippen molar-refractivity contribution in [3.8, 4) is 0 Å². The van der Waals surface area contributed by atoms with E-state index in [2.05, 4.69) is 80.1 Å². The fourth-order valence-corrected chi connectivity index (χ4v) is 37.2. The van der Waals surface area contributed by atoms with E-state index in [0.29, 0.717) is 6.04 Å². The Kier molecular flexibility index (Phi) is 59.3. The molecule has 3 nitrogen and oxygen atoms in total. The van der Waals surface area contributed by atoms with Crippen LogP contribution in [0, 0.1) is 0 Å². The highest BCUT2D eigenvalue weighted by Crippen LogP contribution is 2.31. The average molecular weight is 1520 g/mol. The molecule has 0 unspecified atom stereocenters. The van der Waals surface area contributed by atoms with Crippen LogP contribution >= 0.6 is 177 Å². The predicted octanol–water partition coefficient (Wildman–Crippen LogP) is 26.5. The fraction of sp³-hybridized carbons (Fsp3) is 0.864. The first-order chi connectivity index (χ1) is 32.4. The van der Waals surface area contributed by atoms with Crippen molar-refractivity contribution in [3.63, 3.8) is 0 Å². The Labute approximate surface area is 535 Å². The molecule has 1 aromatic rings. The van der Waals surface area contributed by atoms with Gasteiger partial charge in [-0.25, -0.2) is 0 Å². The van der Waals surface area contributed by atoms with Crippen LogP contribution in [-0.2, 0) is 18.4 Å². The van der Waals surface area contributed by atoms with Crippen molar-refractivity contribution in [1.29, 1.82) is 0 Å². The van der Waals surface area contributed by atoms with E-state index in [0.717, 1.165) is 36.5 Å². The molecule has 0 saturated heterocycles. The van der Waals surface area contributed by atoms with Crippen LogP contribution in [-0.4, -0.2) is 71.2 Å². The van der Waals surface area contributed by atoms with E-state index in [-0.39, 0.29) is 0 Å². The lowest BCUT2D eigenvalue weighted by Gasteiger charge is -2.33. The summed E-state index contributed by atoms with van der Waals surface area (Å²) in [5, 5.41) is 0. The Morgan fingerprint density at radius 2 is 0.644 bits per heavy atom. The van der Waals surface area contributed by atoms with Gasteiger partial charge in [0, 0.05) is 6.04 Å². The second-order valence-corrected chi connectivity index (χ2v) is 90.8. The summed E-state index contributed by atoms with van der Waals surface area (Å²) in [7, 11) is -8.34. The molecular formula is C44H98Cl16O3Si10. The molecule has 0 atom stereocenters. The number of rotatable bonds is 28. The van der Waals surface area contributed by atoms with Gasteiger partial charge in [-0.3, -0.25) is 0 Å². The van der Waals surface area contributed by atoms with E-state index < -0.39 is 71.2 Å². The topological polar surface area (TPSA) is 27.7 Å². The van der Waals surface area contributed by atoms with Crippen molar-refractivity contribution in [1.82, 2.24) is 0 Å². The molecule has 73 heavy (non-hydrogen) atoms. The zero-order chi connectivity index (χ0) is 59.1. The lowest BCUT2D eigenvalue weighted by molar-refractivity contribution is 0.415. The molecule has 0 aliphatic carbocycles. The standard InChI is InChI=1S/C16H34Cl2Si.C7H7Cl3Si.C7H21ClO2Si3.C6H15ClSi.C4H9Cl3Si.C3H9Cl3OSi2.CH3Cl3Si/c1-3-5-7-9-11-13-15-19(17,18)16-14-12-10-8-6-4-2;8-11(9,10)6-7-4-2-1-3-5-7;1-11(2,3)9-13(7,8)10-12(4,5)6;1-4-5-6-8(2,3)7;1-2-3-4-8(5,6)7;1-8(2,3)7-9(4,5)6;1-5(2,3)4/h3-16H2,1-2H3;1-5H,6H2;1-7H3;4-6H2,1-3H3;2-4H2,1H3;1-3H3;1H3. The quantitative estimate of drug-likeness (QED) is 0.0475. The molecule has 0 N–H and O–H groups in total. The van der Waals surface area contributed by atoms with Crippen LogP contribution in [0.3, 0.4) is 0 Å². The number of hydrogen-bond acceptors (Lipinski definition) is 3. The van der Waals surface area contributed by atoms with Crippen molar-refractivity contribution in [2.24, 2.45) is 0 Å². The molecule has 0 aliphatic heterocycles. The van der Waals surface area contributed by atoms with Gasteiger partial charge in [0.05, 0.1) is 0 Å². The van der Waals surface area contributed by atoms with E-state index in [1.807, 2.05) is 56.5 Å². The van der Waals surface area contributed by atoms with Crippen molar-refractivity contribution in [2.75, 3.05) is 0 Å². The highest BCUT2D eigenvalue weighted by Gasteiger charge is 2.39. The Hall–Kier alpha value is 5.91. The Balaban J connectivity index is -0.000000186. The normalized spacial score (nSPS) is 12.7. The third-order valence-corrected chi connectivity index (χ3v) is 34.2. The van der Waals surface area contributed by atoms with Gasteiger partial charge in [-0.2, -0.15) is 11.1 Å². The van der Waals surface area contributed by atoms with Gasteiger partial charge in [0.15, 0.2) is 25.0 Å². The third-order valence-electron chi connectivity index (χ3n) is 8.38. The molecule has 0 fully saturated rings. The minimum atomic E-state index is -2.81. The van der Waals surface area contributed by atoms with Gasteiger partial charge in [-0.05, 0) is 102 Å². The molecule has 0 heterocycles. The highest BCUT2D eigenvalue weighted by atomic mass is 35.9. The van der Waals surface area contributed by atoms with E-state index in [9.17, 15) is 0 Å². The van der Waals surface area contributed by atoms with Gasteiger partial charge in [-0.15, -0.1) is 133 Å². The number of hydrogen-bond donors (Lipinski definition) is 0.